The van der Waals surface area contributed by atoms with Crippen molar-refractivity contribution in [2.45, 2.75) is 82.2 Å². The van der Waals surface area contributed by atoms with Gasteiger partial charge in [-0.05, 0) is 38.3 Å². The van der Waals surface area contributed by atoms with Crippen LogP contribution in [0.25, 0.3) is 0 Å². The molecule has 0 bridgehead atoms. The molecule has 1 heterocycles. The molecule has 2 aromatic carbocycles. The fraction of sp³-hybridized carbons (Fsp3) is 0.485. The van der Waals surface area contributed by atoms with Crippen molar-refractivity contribution >= 4 is 29.7 Å². The minimum Gasteiger partial charge on any atom is -0.445 e. The number of rotatable bonds is 14. The number of aliphatic hydroxyl groups is 1. The summed E-state index contributed by atoms with van der Waals surface area (Å²) in [5.74, 6) is -4.75. The van der Waals surface area contributed by atoms with E-state index in [0.717, 1.165) is 0 Å². The highest BCUT2D eigenvalue weighted by Crippen LogP contribution is 2.44. The van der Waals surface area contributed by atoms with Crippen molar-refractivity contribution in [3.05, 3.63) is 71.8 Å². The van der Waals surface area contributed by atoms with Crippen molar-refractivity contribution in [3.8, 4) is 0 Å². The lowest BCUT2D eigenvalue weighted by atomic mass is 9.93. The first kappa shape index (κ1) is 37.1. The molecule has 0 aliphatic carbocycles. The summed E-state index contributed by atoms with van der Waals surface area (Å²) in [5, 5.41) is 16.8. The average Bonchev–Trinajstić information content (AvgIpc) is 3.41. The molecule has 0 radical (unpaired) electrons. The maximum Gasteiger partial charge on any atom is 0.408 e. The third kappa shape index (κ3) is 8.71. The fourth-order valence-electron chi connectivity index (χ4n) is 6.09. The number of hydrogen-bond acceptors (Lipinski definition) is 9. The van der Waals surface area contributed by atoms with Gasteiger partial charge in [0.2, 0.25) is 17.6 Å². The first-order valence-corrected chi connectivity index (χ1v) is 15.2. The Hall–Kier alpha value is -4.37. The van der Waals surface area contributed by atoms with E-state index in [9.17, 15) is 29.1 Å². The lowest BCUT2D eigenvalue weighted by molar-refractivity contribution is -0.908. The maximum absolute atomic E-state index is 14.6. The van der Waals surface area contributed by atoms with E-state index in [1.54, 1.807) is 81.4 Å². The van der Waals surface area contributed by atoms with Crippen molar-refractivity contribution in [1.29, 1.82) is 0 Å². The van der Waals surface area contributed by atoms with Crippen LogP contribution in [-0.4, -0.2) is 95.6 Å². The number of ether oxygens (including phenoxy) is 3. The highest BCUT2D eigenvalue weighted by molar-refractivity contribution is 5.91. The monoisotopic (exact) mass is 656 g/mol. The summed E-state index contributed by atoms with van der Waals surface area (Å²) in [7, 11) is 2.78. The van der Waals surface area contributed by atoms with Crippen LogP contribution in [0, 0.1) is 0 Å². The Kier molecular flexibility index (Phi) is 12.2. The Morgan fingerprint density at radius 1 is 0.936 bits per heavy atom. The van der Waals surface area contributed by atoms with Crippen LogP contribution < -0.4 is 22.1 Å². The fourth-order valence-corrected chi connectivity index (χ4v) is 6.09. The number of nitrogens with two attached hydrogens (primary N) is 2. The van der Waals surface area contributed by atoms with Gasteiger partial charge in [-0.15, -0.1) is 0 Å². The van der Waals surface area contributed by atoms with Crippen LogP contribution in [0.2, 0.25) is 0 Å². The number of alkyl carbamates (subject to hydrolysis) is 1. The first-order valence-electron chi connectivity index (χ1n) is 15.2. The first-order chi connectivity index (χ1) is 22.1. The molecule has 47 heavy (non-hydrogen) atoms. The molecule has 1 aliphatic rings. The number of primary amides is 2. The lowest BCUT2D eigenvalue weighted by Crippen LogP contribution is -2.73. The maximum atomic E-state index is 14.6. The van der Waals surface area contributed by atoms with Crippen LogP contribution in [0.15, 0.2) is 60.7 Å². The van der Waals surface area contributed by atoms with Gasteiger partial charge in [0, 0.05) is 14.2 Å². The predicted octanol–water partition coefficient (Wildman–Crippen LogP) is 0.634. The number of carbonyl (C=O) groups is 5. The number of likely N-dealkylation sites (tertiary alicyclic amines) is 1. The molecule has 1 saturated heterocycles. The van der Waals surface area contributed by atoms with Gasteiger partial charge < -0.3 is 41.4 Å². The van der Waals surface area contributed by atoms with E-state index in [1.165, 1.54) is 14.2 Å². The number of carbonyl (C=O) groups excluding carboxylic acids is 5. The van der Waals surface area contributed by atoms with Gasteiger partial charge in [-0.3, -0.25) is 14.4 Å². The Morgan fingerprint density at radius 2 is 1.49 bits per heavy atom. The molecular weight excluding hydrogens is 610 g/mol. The minimum absolute atomic E-state index is 0.0354. The quantitative estimate of drug-likeness (QED) is 0.142. The summed E-state index contributed by atoms with van der Waals surface area (Å²) < 4.78 is 15.9. The van der Waals surface area contributed by atoms with Crippen LogP contribution in [-0.2, 0) is 46.4 Å². The summed E-state index contributed by atoms with van der Waals surface area (Å²) in [6.07, 6.45) is -3.57. The van der Waals surface area contributed by atoms with E-state index in [2.05, 4.69) is 10.6 Å². The third-order valence-corrected chi connectivity index (χ3v) is 8.68. The number of benzene rings is 2. The zero-order valence-corrected chi connectivity index (χ0v) is 27.4. The molecule has 7 N–H and O–H groups in total. The number of amides is 5. The van der Waals surface area contributed by atoms with E-state index in [1.807, 2.05) is 0 Å². The van der Waals surface area contributed by atoms with E-state index >= 15 is 0 Å². The number of nitrogens with one attached hydrogen (secondary N) is 2. The van der Waals surface area contributed by atoms with Crippen molar-refractivity contribution in [2.24, 2.45) is 11.5 Å². The highest BCUT2D eigenvalue weighted by atomic mass is 16.7. The van der Waals surface area contributed by atoms with Gasteiger partial charge in [0.15, 0.2) is 12.1 Å². The SMILES string of the molecule is COC1(OC)C[C@@H](C(N)=O)[N+](C(=O)[C@@H](O)[C@H](Cc2ccccc2)NC(=O)[C@H](CC(N)=O)NC(=O)OCc2ccccc2)(C(C)(C)C)C1. The zero-order valence-electron chi connectivity index (χ0n) is 27.4. The molecule has 5 amide bonds. The predicted molar refractivity (Wildman–Crippen MR) is 170 cm³/mol. The average molecular weight is 657 g/mol. The molecule has 1 aliphatic heterocycles. The number of hydrogen-bond donors (Lipinski definition) is 5. The smallest absolute Gasteiger partial charge is 0.408 e. The second kappa shape index (κ2) is 15.5. The Morgan fingerprint density at radius 3 is 1.98 bits per heavy atom. The van der Waals surface area contributed by atoms with Crippen LogP contribution in [0.3, 0.4) is 0 Å². The molecule has 2 aromatic rings. The number of aliphatic hydroxyl groups excluding tert-OH is 1. The largest absolute Gasteiger partial charge is 0.445 e. The lowest BCUT2D eigenvalue weighted by Gasteiger charge is -2.48. The molecular formula is C33H46N5O9+. The molecule has 0 saturated carbocycles. The molecule has 256 valence electrons. The van der Waals surface area contributed by atoms with E-state index < -0.39 is 76.2 Å². The Balaban J connectivity index is 1.96. The highest BCUT2D eigenvalue weighted by Gasteiger charge is 2.68. The number of quaternary nitrogens is 1. The molecule has 5 atom stereocenters. The Labute approximate surface area is 274 Å². The van der Waals surface area contributed by atoms with Gasteiger partial charge in [0.25, 0.3) is 5.91 Å². The van der Waals surface area contributed by atoms with Gasteiger partial charge in [0.1, 0.15) is 19.2 Å². The van der Waals surface area contributed by atoms with Crippen LogP contribution in [0.5, 0.6) is 0 Å². The van der Waals surface area contributed by atoms with Crippen LogP contribution >= 0.6 is 0 Å². The summed E-state index contributed by atoms with van der Waals surface area (Å²) in [6, 6.07) is 13.7. The molecule has 3 rings (SSSR count). The van der Waals surface area contributed by atoms with Crippen molar-refractivity contribution in [1.82, 2.24) is 10.6 Å². The van der Waals surface area contributed by atoms with Crippen LogP contribution in [0.4, 0.5) is 4.79 Å². The van der Waals surface area contributed by atoms with Crippen molar-refractivity contribution in [3.63, 3.8) is 0 Å². The standard InChI is InChI=1S/C33H45N5O9/c1-32(2,3)38(20-33(45-4,46-5)18-25(38)28(35)41)30(43)27(40)23(16-21-12-8-6-9-13-21)36-29(42)24(17-26(34)39)37-31(44)47-19-22-14-10-7-11-15-22/h6-15,23-25,27,40H,16-20H2,1-5H3,(H5-,34,35,36,37,39,41,42,44)/p+1/t23-,24-,25-,27-,38?/m0/s1. The van der Waals surface area contributed by atoms with Crippen molar-refractivity contribution < 1.29 is 47.8 Å². The van der Waals surface area contributed by atoms with Gasteiger partial charge in [-0.1, -0.05) is 60.7 Å². The normalized spacial score (nSPS) is 20.8. The van der Waals surface area contributed by atoms with E-state index in [0.29, 0.717) is 11.1 Å². The molecule has 14 nitrogen and oxygen atoms in total. The van der Waals surface area contributed by atoms with Gasteiger partial charge in [-0.2, -0.15) is 0 Å². The van der Waals surface area contributed by atoms with E-state index in [4.69, 9.17) is 25.7 Å². The number of nitrogens with zero attached hydrogens (tertiary/aromatic N) is 1. The topological polar surface area (TPSA) is 209 Å². The van der Waals surface area contributed by atoms with Gasteiger partial charge in [0.05, 0.1) is 24.4 Å². The third-order valence-electron chi connectivity index (χ3n) is 8.68. The summed E-state index contributed by atoms with van der Waals surface area (Å²) in [6.45, 7) is 4.94. The molecule has 0 spiro atoms. The Bertz CT molecular complexity index is 1410. The molecule has 0 aromatic heterocycles. The second-order valence-corrected chi connectivity index (χ2v) is 12.7. The summed E-state index contributed by atoms with van der Waals surface area (Å²) >= 11 is 0. The second-order valence-electron chi connectivity index (χ2n) is 12.7. The number of methoxy groups -OCH3 is 2. The summed E-state index contributed by atoms with van der Waals surface area (Å²) in [4.78, 5) is 65.7. The van der Waals surface area contributed by atoms with E-state index in [-0.39, 0.29) is 26.0 Å². The zero-order chi connectivity index (χ0) is 35.0. The summed E-state index contributed by atoms with van der Waals surface area (Å²) in [5.41, 5.74) is 11.6. The van der Waals surface area contributed by atoms with Gasteiger partial charge in [-0.25, -0.2) is 14.1 Å². The van der Waals surface area contributed by atoms with Gasteiger partial charge >= 0.3 is 12.0 Å². The van der Waals surface area contributed by atoms with Crippen molar-refractivity contribution in [2.75, 3.05) is 20.8 Å². The molecule has 1 unspecified atom stereocenters. The molecule has 14 heteroatoms. The molecule has 1 fully saturated rings. The minimum atomic E-state index is -1.90. The van der Waals surface area contributed by atoms with Crippen LogP contribution in [0.1, 0.15) is 44.7 Å².